The Balaban J connectivity index is 1.86. The van der Waals surface area contributed by atoms with E-state index in [9.17, 15) is 10.1 Å². The lowest BCUT2D eigenvalue weighted by Crippen LogP contribution is -2.42. The molecule has 5 nitrogen and oxygen atoms in total. The van der Waals surface area contributed by atoms with Crippen LogP contribution in [0, 0.1) is 11.3 Å². The molecule has 0 N–H and O–H groups in total. The number of ether oxygens (including phenoxy) is 1. The van der Waals surface area contributed by atoms with Crippen LogP contribution < -0.4 is 0 Å². The first kappa shape index (κ1) is 17.3. The maximum atomic E-state index is 12.4. The highest BCUT2D eigenvalue weighted by Gasteiger charge is 2.30. The fourth-order valence-corrected chi connectivity index (χ4v) is 3.53. The van der Waals surface area contributed by atoms with Crippen LogP contribution in [-0.2, 0) is 11.3 Å². The topological polar surface area (TPSA) is 58.3 Å². The molecule has 1 saturated heterocycles. The van der Waals surface area contributed by atoms with Gasteiger partial charge >= 0.3 is 6.09 Å². The Morgan fingerprint density at radius 1 is 1.36 bits per heavy atom. The minimum atomic E-state index is -0.486. The number of benzene rings is 1. The first-order valence-electron chi connectivity index (χ1n) is 8.82. The van der Waals surface area contributed by atoms with E-state index in [1.54, 1.807) is 4.90 Å². The number of rotatable bonds is 2. The zero-order valence-corrected chi connectivity index (χ0v) is 15.2. The van der Waals surface area contributed by atoms with Gasteiger partial charge in [-0.1, -0.05) is 18.2 Å². The Kier molecular flexibility index (Phi) is 4.71. The van der Waals surface area contributed by atoms with E-state index >= 15 is 0 Å². The lowest BCUT2D eigenvalue weighted by atomic mass is 9.94. The van der Waals surface area contributed by atoms with Gasteiger partial charge in [-0.25, -0.2) is 4.79 Å². The number of piperidine rings is 1. The molecule has 1 unspecified atom stereocenters. The van der Waals surface area contributed by atoms with Crippen molar-refractivity contribution in [1.82, 2.24) is 9.47 Å². The van der Waals surface area contributed by atoms with E-state index in [0.717, 1.165) is 36.0 Å². The highest BCUT2D eigenvalue weighted by molar-refractivity contribution is 5.81. The Hall–Kier alpha value is -2.48. The van der Waals surface area contributed by atoms with Crippen LogP contribution in [0.2, 0.25) is 0 Å². The van der Waals surface area contributed by atoms with E-state index < -0.39 is 5.60 Å². The van der Waals surface area contributed by atoms with Crippen molar-refractivity contribution in [3.63, 3.8) is 0 Å². The van der Waals surface area contributed by atoms with Crippen LogP contribution in [-0.4, -0.2) is 34.3 Å². The molecule has 0 spiro atoms. The minimum Gasteiger partial charge on any atom is -0.444 e. The summed E-state index contributed by atoms with van der Waals surface area (Å²) in [5.74, 6) is 0.224. The highest BCUT2D eigenvalue weighted by atomic mass is 16.6. The molecule has 2 aromatic rings. The maximum Gasteiger partial charge on any atom is 0.410 e. The molecule has 1 amide bonds. The Morgan fingerprint density at radius 2 is 2.12 bits per heavy atom. The first-order chi connectivity index (χ1) is 11.9. The number of amides is 1. The fourth-order valence-electron chi connectivity index (χ4n) is 3.53. The summed E-state index contributed by atoms with van der Waals surface area (Å²) in [6.07, 6.45) is 1.71. The summed E-state index contributed by atoms with van der Waals surface area (Å²) in [5.41, 5.74) is 1.73. The molecule has 2 heterocycles. The molecule has 1 aromatic heterocycles. The van der Waals surface area contributed by atoms with Gasteiger partial charge in [0.25, 0.3) is 0 Å². The van der Waals surface area contributed by atoms with E-state index in [0.29, 0.717) is 13.1 Å². The SMILES string of the molecule is CC(C)(C)OC(=O)N1CCCC(c2cc3ccccc3n2CC#N)C1. The summed E-state index contributed by atoms with van der Waals surface area (Å²) >= 11 is 0. The number of para-hydroxylation sites is 1. The predicted molar refractivity (Wildman–Crippen MR) is 97.3 cm³/mol. The van der Waals surface area contributed by atoms with E-state index in [4.69, 9.17) is 4.74 Å². The number of hydrogen-bond acceptors (Lipinski definition) is 3. The second kappa shape index (κ2) is 6.79. The lowest BCUT2D eigenvalue weighted by molar-refractivity contribution is 0.0196. The van der Waals surface area contributed by atoms with Crippen molar-refractivity contribution in [2.75, 3.05) is 13.1 Å². The summed E-state index contributed by atoms with van der Waals surface area (Å²) in [6.45, 7) is 7.34. The summed E-state index contributed by atoms with van der Waals surface area (Å²) in [7, 11) is 0. The van der Waals surface area contributed by atoms with Gasteiger partial charge in [-0.05, 0) is 51.1 Å². The van der Waals surface area contributed by atoms with Crippen LogP contribution in [0.4, 0.5) is 4.79 Å². The highest BCUT2D eigenvalue weighted by Crippen LogP contribution is 2.32. The molecule has 0 aliphatic carbocycles. The second-order valence-corrected chi connectivity index (χ2v) is 7.64. The molecular weight excluding hydrogens is 314 g/mol. The molecule has 1 fully saturated rings. The van der Waals surface area contributed by atoms with Gasteiger partial charge in [0.1, 0.15) is 12.1 Å². The van der Waals surface area contributed by atoms with Gasteiger partial charge in [-0.2, -0.15) is 5.26 Å². The molecule has 5 heteroatoms. The zero-order chi connectivity index (χ0) is 18.0. The van der Waals surface area contributed by atoms with Crippen LogP contribution in [0.5, 0.6) is 0 Å². The van der Waals surface area contributed by atoms with Crippen LogP contribution in [0.1, 0.15) is 45.2 Å². The van der Waals surface area contributed by atoms with Gasteiger partial charge in [-0.15, -0.1) is 0 Å². The average molecular weight is 339 g/mol. The number of nitrogens with zero attached hydrogens (tertiary/aromatic N) is 3. The predicted octanol–water partition coefficient (Wildman–Crippen LogP) is 4.28. The van der Waals surface area contributed by atoms with Crippen molar-refractivity contribution in [2.24, 2.45) is 0 Å². The number of nitriles is 1. The number of hydrogen-bond donors (Lipinski definition) is 0. The van der Waals surface area contributed by atoms with Crippen molar-refractivity contribution in [2.45, 2.75) is 51.7 Å². The van der Waals surface area contributed by atoms with Crippen LogP contribution in [0.3, 0.4) is 0 Å². The summed E-state index contributed by atoms with van der Waals surface area (Å²) in [6, 6.07) is 12.5. The van der Waals surface area contributed by atoms with Crippen molar-refractivity contribution >= 4 is 17.0 Å². The lowest BCUT2D eigenvalue weighted by Gasteiger charge is -2.34. The molecule has 1 aromatic carbocycles. The molecule has 0 radical (unpaired) electrons. The number of fused-ring (bicyclic) bond motifs is 1. The number of carbonyl (C=O) groups excluding carboxylic acids is 1. The van der Waals surface area contributed by atoms with Gasteiger partial charge in [0.2, 0.25) is 0 Å². The molecule has 3 rings (SSSR count). The molecule has 1 atom stereocenters. The Bertz CT molecular complexity index is 810. The largest absolute Gasteiger partial charge is 0.444 e. The van der Waals surface area contributed by atoms with Crippen molar-refractivity contribution in [1.29, 1.82) is 5.26 Å². The standard InChI is InChI=1S/C20H25N3O2/c1-20(2,3)25-19(24)22-11-6-8-16(14-22)18-13-15-7-4-5-9-17(15)23(18)12-10-21/h4-5,7,9,13,16H,6,8,11-12,14H2,1-3H3. The molecular formula is C20H25N3O2. The third kappa shape index (κ3) is 3.79. The van der Waals surface area contributed by atoms with Crippen molar-refractivity contribution < 1.29 is 9.53 Å². The van der Waals surface area contributed by atoms with Crippen molar-refractivity contribution in [3.05, 3.63) is 36.0 Å². The van der Waals surface area contributed by atoms with Crippen molar-refractivity contribution in [3.8, 4) is 6.07 Å². The molecule has 0 bridgehead atoms. The molecule has 25 heavy (non-hydrogen) atoms. The van der Waals surface area contributed by atoms with Crippen LogP contribution in [0.15, 0.2) is 30.3 Å². The van der Waals surface area contributed by atoms with E-state index in [-0.39, 0.29) is 12.0 Å². The van der Waals surface area contributed by atoms with E-state index in [1.807, 2.05) is 39.0 Å². The average Bonchev–Trinajstić information content (AvgIpc) is 2.93. The second-order valence-electron chi connectivity index (χ2n) is 7.64. The Labute approximate surface area is 148 Å². The quantitative estimate of drug-likeness (QED) is 0.820. The summed E-state index contributed by atoms with van der Waals surface area (Å²) in [5, 5.41) is 10.4. The fraction of sp³-hybridized carbons (Fsp3) is 0.500. The monoisotopic (exact) mass is 339 g/mol. The van der Waals surface area contributed by atoms with Crippen LogP contribution >= 0.6 is 0 Å². The number of aromatic nitrogens is 1. The molecule has 0 saturated carbocycles. The van der Waals surface area contributed by atoms with Gasteiger partial charge in [0, 0.05) is 30.2 Å². The van der Waals surface area contributed by atoms with E-state index in [1.165, 1.54) is 0 Å². The zero-order valence-electron chi connectivity index (χ0n) is 15.2. The number of likely N-dealkylation sites (tertiary alicyclic amines) is 1. The van der Waals surface area contributed by atoms with Gasteiger partial charge in [-0.3, -0.25) is 0 Å². The maximum absolute atomic E-state index is 12.4. The van der Waals surface area contributed by atoms with Gasteiger partial charge in [0.15, 0.2) is 0 Å². The van der Waals surface area contributed by atoms with Gasteiger partial charge < -0.3 is 14.2 Å². The Morgan fingerprint density at radius 3 is 2.84 bits per heavy atom. The summed E-state index contributed by atoms with van der Waals surface area (Å²) < 4.78 is 7.61. The first-order valence-corrected chi connectivity index (χ1v) is 8.82. The summed E-state index contributed by atoms with van der Waals surface area (Å²) in [4.78, 5) is 14.2. The molecule has 132 valence electrons. The third-order valence-electron chi connectivity index (χ3n) is 4.56. The smallest absolute Gasteiger partial charge is 0.410 e. The molecule has 1 aliphatic rings. The number of carbonyl (C=O) groups is 1. The van der Waals surface area contributed by atoms with Gasteiger partial charge in [0.05, 0.1) is 6.07 Å². The minimum absolute atomic E-state index is 0.224. The molecule has 1 aliphatic heterocycles. The third-order valence-corrected chi connectivity index (χ3v) is 4.56. The van der Waals surface area contributed by atoms with E-state index in [2.05, 4.69) is 22.8 Å². The normalized spacial score (nSPS) is 18.2. The van der Waals surface area contributed by atoms with Crippen LogP contribution in [0.25, 0.3) is 10.9 Å².